The molecule has 5 nitrogen and oxygen atoms in total. The van der Waals surface area contributed by atoms with Crippen LogP contribution < -0.4 is 10.6 Å². The maximum atomic E-state index is 12.1. The number of rotatable bonds is 4. The average molecular weight is 318 g/mol. The number of hydrogen-bond acceptors (Lipinski definition) is 3. The van der Waals surface area contributed by atoms with Gasteiger partial charge < -0.3 is 15.7 Å². The molecule has 1 aromatic carbocycles. The van der Waals surface area contributed by atoms with Crippen molar-refractivity contribution in [2.24, 2.45) is 5.41 Å². The van der Waals surface area contributed by atoms with Crippen molar-refractivity contribution in [1.29, 1.82) is 0 Å². The molecule has 1 saturated carbocycles. The van der Waals surface area contributed by atoms with Crippen molar-refractivity contribution in [3.8, 4) is 0 Å². The fourth-order valence-electron chi connectivity index (χ4n) is 3.03. The molecule has 5 heteroatoms. The van der Waals surface area contributed by atoms with Crippen LogP contribution in [0.3, 0.4) is 0 Å². The Morgan fingerprint density at radius 2 is 1.91 bits per heavy atom. The van der Waals surface area contributed by atoms with Crippen molar-refractivity contribution in [2.45, 2.75) is 52.0 Å². The molecule has 2 unspecified atom stereocenters. The van der Waals surface area contributed by atoms with Gasteiger partial charge in [0.25, 0.3) is 0 Å². The molecule has 2 rings (SSSR count). The topological polar surface area (TPSA) is 78.4 Å². The zero-order valence-corrected chi connectivity index (χ0v) is 14.1. The Hall–Kier alpha value is -1.88. The fraction of sp³-hybridized carbons (Fsp3) is 0.556. The number of hydrogen-bond donors (Lipinski definition) is 3. The smallest absolute Gasteiger partial charge is 0.313 e. The molecule has 0 heterocycles. The van der Waals surface area contributed by atoms with Gasteiger partial charge in [0.1, 0.15) is 0 Å². The molecule has 1 fully saturated rings. The highest BCUT2D eigenvalue weighted by molar-refractivity contribution is 6.39. The SMILES string of the molecule is CC(C)c1ccc(NC(=O)C(=O)NC2CCCC2(C)CO)cc1. The van der Waals surface area contributed by atoms with E-state index in [0.29, 0.717) is 11.6 Å². The summed E-state index contributed by atoms with van der Waals surface area (Å²) in [5.74, 6) is -0.902. The predicted octanol–water partition coefficient (Wildman–Crippen LogP) is 2.42. The Kier molecular flexibility index (Phi) is 5.42. The standard InChI is InChI=1S/C18H26N2O3/c1-12(2)13-6-8-14(9-7-13)19-16(22)17(23)20-15-5-4-10-18(15,3)11-21/h6-9,12,15,21H,4-5,10-11H2,1-3H3,(H,19,22)(H,20,23). The quantitative estimate of drug-likeness (QED) is 0.746. The highest BCUT2D eigenvalue weighted by Crippen LogP contribution is 2.37. The van der Waals surface area contributed by atoms with Gasteiger partial charge in [-0.25, -0.2) is 0 Å². The minimum Gasteiger partial charge on any atom is -0.396 e. The number of carbonyl (C=O) groups is 2. The van der Waals surface area contributed by atoms with Gasteiger partial charge in [0.2, 0.25) is 0 Å². The van der Waals surface area contributed by atoms with Crippen LogP contribution in [-0.2, 0) is 9.59 Å². The summed E-state index contributed by atoms with van der Waals surface area (Å²) in [7, 11) is 0. The van der Waals surface area contributed by atoms with Gasteiger partial charge in [-0.2, -0.15) is 0 Å². The number of amides is 2. The van der Waals surface area contributed by atoms with Crippen LogP contribution >= 0.6 is 0 Å². The molecule has 0 bridgehead atoms. The van der Waals surface area contributed by atoms with Gasteiger partial charge in [-0.3, -0.25) is 9.59 Å². The Morgan fingerprint density at radius 3 is 2.48 bits per heavy atom. The fourth-order valence-corrected chi connectivity index (χ4v) is 3.03. The zero-order valence-electron chi connectivity index (χ0n) is 14.1. The monoisotopic (exact) mass is 318 g/mol. The van der Waals surface area contributed by atoms with Crippen LogP contribution in [0.5, 0.6) is 0 Å². The number of aliphatic hydroxyl groups excluding tert-OH is 1. The molecule has 0 radical (unpaired) electrons. The Balaban J connectivity index is 1.94. The van der Waals surface area contributed by atoms with E-state index >= 15 is 0 Å². The minimum absolute atomic E-state index is 0.0101. The summed E-state index contributed by atoms with van der Waals surface area (Å²) in [6.45, 7) is 6.14. The Labute approximate surface area is 137 Å². The van der Waals surface area contributed by atoms with Gasteiger partial charge >= 0.3 is 11.8 Å². The third-order valence-electron chi connectivity index (χ3n) is 4.79. The van der Waals surface area contributed by atoms with E-state index in [-0.39, 0.29) is 18.1 Å². The van der Waals surface area contributed by atoms with Gasteiger partial charge in [0, 0.05) is 17.1 Å². The van der Waals surface area contributed by atoms with E-state index in [9.17, 15) is 14.7 Å². The van der Waals surface area contributed by atoms with Crippen LogP contribution in [0.2, 0.25) is 0 Å². The van der Waals surface area contributed by atoms with Gasteiger partial charge in [-0.05, 0) is 36.5 Å². The van der Waals surface area contributed by atoms with Gasteiger partial charge in [-0.1, -0.05) is 39.3 Å². The molecule has 1 aromatic rings. The van der Waals surface area contributed by atoms with Crippen LogP contribution in [0.1, 0.15) is 51.5 Å². The molecule has 2 atom stereocenters. The number of aliphatic hydroxyl groups is 1. The first-order valence-electron chi connectivity index (χ1n) is 8.18. The number of nitrogens with one attached hydrogen (secondary N) is 2. The summed E-state index contributed by atoms with van der Waals surface area (Å²) < 4.78 is 0. The molecule has 23 heavy (non-hydrogen) atoms. The van der Waals surface area contributed by atoms with Crippen molar-refractivity contribution >= 4 is 17.5 Å². The maximum absolute atomic E-state index is 12.1. The van der Waals surface area contributed by atoms with Crippen molar-refractivity contribution in [2.75, 3.05) is 11.9 Å². The molecule has 0 aliphatic heterocycles. The molecular weight excluding hydrogens is 292 g/mol. The number of carbonyl (C=O) groups excluding carboxylic acids is 2. The van der Waals surface area contributed by atoms with E-state index in [1.54, 1.807) is 12.1 Å². The van der Waals surface area contributed by atoms with Crippen molar-refractivity contribution in [1.82, 2.24) is 5.32 Å². The summed E-state index contributed by atoms with van der Waals surface area (Å²) >= 11 is 0. The maximum Gasteiger partial charge on any atom is 0.313 e. The lowest BCUT2D eigenvalue weighted by molar-refractivity contribution is -0.137. The second-order valence-corrected chi connectivity index (χ2v) is 6.96. The summed E-state index contributed by atoms with van der Waals surface area (Å²) in [6.07, 6.45) is 2.59. The van der Waals surface area contributed by atoms with Crippen LogP contribution in [-0.4, -0.2) is 29.6 Å². The van der Waals surface area contributed by atoms with E-state index in [0.717, 1.165) is 19.3 Å². The first kappa shape index (κ1) is 17.5. The first-order chi connectivity index (χ1) is 10.9. The summed E-state index contributed by atoms with van der Waals surface area (Å²) in [6, 6.07) is 7.33. The lowest BCUT2D eigenvalue weighted by Gasteiger charge is -2.29. The van der Waals surface area contributed by atoms with Crippen molar-refractivity contribution < 1.29 is 14.7 Å². The van der Waals surface area contributed by atoms with Crippen LogP contribution in [0.15, 0.2) is 24.3 Å². The van der Waals surface area contributed by atoms with Crippen molar-refractivity contribution in [3.63, 3.8) is 0 Å². The van der Waals surface area contributed by atoms with Gasteiger partial charge in [0.15, 0.2) is 0 Å². The highest BCUT2D eigenvalue weighted by atomic mass is 16.3. The Morgan fingerprint density at radius 1 is 1.26 bits per heavy atom. The molecule has 0 aromatic heterocycles. The molecule has 126 valence electrons. The summed E-state index contributed by atoms with van der Waals surface area (Å²) in [4.78, 5) is 24.1. The third kappa shape index (κ3) is 4.10. The molecule has 1 aliphatic rings. The van der Waals surface area contributed by atoms with Crippen LogP contribution in [0, 0.1) is 5.41 Å². The van der Waals surface area contributed by atoms with Gasteiger partial charge in [0.05, 0.1) is 6.61 Å². The lowest BCUT2D eigenvalue weighted by Crippen LogP contribution is -2.48. The van der Waals surface area contributed by atoms with Gasteiger partial charge in [-0.15, -0.1) is 0 Å². The second-order valence-electron chi connectivity index (χ2n) is 6.96. The summed E-state index contributed by atoms with van der Waals surface area (Å²) in [5.41, 5.74) is 1.44. The minimum atomic E-state index is -0.672. The molecule has 3 N–H and O–H groups in total. The average Bonchev–Trinajstić information content (AvgIpc) is 2.89. The third-order valence-corrected chi connectivity index (χ3v) is 4.79. The highest BCUT2D eigenvalue weighted by Gasteiger charge is 2.39. The Bertz CT molecular complexity index is 568. The van der Waals surface area contributed by atoms with E-state index in [4.69, 9.17) is 0 Å². The molecule has 0 spiro atoms. The van der Waals surface area contributed by atoms with Crippen LogP contribution in [0.4, 0.5) is 5.69 Å². The van der Waals surface area contributed by atoms with E-state index in [1.165, 1.54) is 5.56 Å². The largest absolute Gasteiger partial charge is 0.396 e. The molecule has 1 aliphatic carbocycles. The summed E-state index contributed by atoms with van der Waals surface area (Å²) in [5, 5.41) is 14.9. The number of benzene rings is 1. The predicted molar refractivity (Wildman–Crippen MR) is 90.1 cm³/mol. The first-order valence-corrected chi connectivity index (χ1v) is 8.18. The lowest BCUT2D eigenvalue weighted by atomic mass is 9.86. The van der Waals surface area contributed by atoms with E-state index in [2.05, 4.69) is 24.5 Å². The second kappa shape index (κ2) is 7.13. The molecule has 2 amide bonds. The molecular formula is C18H26N2O3. The van der Waals surface area contributed by atoms with Crippen molar-refractivity contribution in [3.05, 3.63) is 29.8 Å². The van der Waals surface area contributed by atoms with E-state index < -0.39 is 11.8 Å². The normalized spacial score (nSPS) is 23.8. The van der Waals surface area contributed by atoms with Crippen LogP contribution in [0.25, 0.3) is 0 Å². The number of anilines is 1. The zero-order chi connectivity index (χ0) is 17.0. The molecule has 0 saturated heterocycles. The van der Waals surface area contributed by atoms with E-state index in [1.807, 2.05) is 19.1 Å².